The Kier molecular flexibility index (Phi) is 7.80. The molecule has 1 aliphatic rings. The number of nitrogens with one attached hydrogen (secondary N) is 2. The predicted octanol–water partition coefficient (Wildman–Crippen LogP) is 6.90. The van der Waals surface area contributed by atoms with E-state index < -0.39 is 0 Å². The predicted molar refractivity (Wildman–Crippen MR) is 173 cm³/mol. The lowest BCUT2D eigenvalue weighted by atomic mass is 10.0. The number of hydrogen-bond acceptors (Lipinski definition) is 6. The number of pyridine rings is 2. The van der Waals surface area contributed by atoms with Crippen LogP contribution < -0.4 is 4.74 Å². The van der Waals surface area contributed by atoms with Crippen LogP contribution in [0.25, 0.3) is 55.7 Å². The normalized spacial score (nSPS) is 14.2. The smallest absolute Gasteiger partial charge is 0.135 e. The molecule has 0 unspecified atom stereocenters. The molecule has 0 amide bonds. The van der Waals surface area contributed by atoms with Gasteiger partial charge < -0.3 is 14.6 Å². The SMILES string of the molecule is CN(C)CCOc1cc(F)cc(-c2cccc3[nH]c(-c4n[nH]c5ccc(-c6cncc(CN7CCCCC7)c6)nc45)cc23)c1. The second-order valence-electron chi connectivity index (χ2n) is 11.9. The standard InChI is InChI=1S/C35H36FN7O/c1-42(2)13-14-44-27-17-24(16-26(36)18-27)28-7-6-8-31-29(28)19-33(38-31)35-34-32(40-41-35)10-9-30(39-34)25-15-23(20-37-21-25)22-43-11-4-3-5-12-43/h6-10,15-21,38H,3-5,11-14,22H2,1-2H3,(H,40,41). The van der Waals surface area contributed by atoms with Crippen LogP contribution in [0, 0.1) is 5.82 Å². The van der Waals surface area contributed by atoms with E-state index in [1.807, 2.05) is 67.8 Å². The molecule has 9 heteroatoms. The first-order valence-corrected chi connectivity index (χ1v) is 15.2. The molecule has 224 valence electrons. The number of aromatic nitrogens is 5. The van der Waals surface area contributed by atoms with Gasteiger partial charge in [-0.05, 0) is 99.2 Å². The summed E-state index contributed by atoms with van der Waals surface area (Å²) >= 11 is 0. The van der Waals surface area contributed by atoms with Crippen molar-refractivity contribution in [1.82, 2.24) is 34.9 Å². The summed E-state index contributed by atoms with van der Waals surface area (Å²) in [5.74, 6) is 0.179. The van der Waals surface area contributed by atoms with Gasteiger partial charge >= 0.3 is 0 Å². The minimum Gasteiger partial charge on any atom is -0.492 e. The summed E-state index contributed by atoms with van der Waals surface area (Å²) in [4.78, 5) is 17.6. The molecule has 6 aromatic rings. The van der Waals surface area contributed by atoms with Crippen LogP contribution in [0.15, 0.2) is 73.1 Å². The minimum atomic E-state index is -0.334. The van der Waals surface area contributed by atoms with Gasteiger partial charge in [-0.1, -0.05) is 18.6 Å². The van der Waals surface area contributed by atoms with Gasteiger partial charge in [-0.2, -0.15) is 5.10 Å². The largest absolute Gasteiger partial charge is 0.492 e. The van der Waals surface area contributed by atoms with E-state index >= 15 is 0 Å². The van der Waals surface area contributed by atoms with Gasteiger partial charge in [0.05, 0.1) is 16.9 Å². The molecule has 4 aromatic heterocycles. The Labute approximate surface area is 255 Å². The highest BCUT2D eigenvalue weighted by Crippen LogP contribution is 2.36. The number of piperidine rings is 1. The molecule has 1 saturated heterocycles. The first-order valence-electron chi connectivity index (χ1n) is 15.2. The number of halogens is 1. The van der Waals surface area contributed by atoms with Crippen LogP contribution in [0.4, 0.5) is 4.39 Å². The fourth-order valence-electron chi connectivity index (χ4n) is 6.02. The van der Waals surface area contributed by atoms with Crippen LogP contribution in [-0.2, 0) is 6.54 Å². The highest BCUT2D eigenvalue weighted by molar-refractivity contribution is 6.00. The molecule has 0 bridgehead atoms. The molecule has 1 fully saturated rings. The number of rotatable bonds is 9. The average Bonchev–Trinajstić information content (AvgIpc) is 3.65. The number of aromatic amines is 2. The lowest BCUT2D eigenvalue weighted by Crippen LogP contribution is -2.29. The van der Waals surface area contributed by atoms with Gasteiger partial charge in [0.15, 0.2) is 0 Å². The van der Waals surface area contributed by atoms with Gasteiger partial charge in [0, 0.05) is 48.0 Å². The number of H-pyrrole nitrogens is 2. The Morgan fingerprint density at radius 3 is 2.68 bits per heavy atom. The zero-order valence-electron chi connectivity index (χ0n) is 25.1. The van der Waals surface area contributed by atoms with Gasteiger partial charge in [0.25, 0.3) is 0 Å². The number of likely N-dealkylation sites (N-methyl/N-ethyl adjacent to an activating group) is 1. The Morgan fingerprint density at radius 2 is 1.82 bits per heavy atom. The highest BCUT2D eigenvalue weighted by atomic mass is 19.1. The molecule has 0 saturated carbocycles. The van der Waals surface area contributed by atoms with Crippen molar-refractivity contribution >= 4 is 21.9 Å². The lowest BCUT2D eigenvalue weighted by Gasteiger charge is -2.26. The first kappa shape index (κ1) is 28.2. The molecule has 7 rings (SSSR count). The summed E-state index contributed by atoms with van der Waals surface area (Å²) in [5, 5.41) is 8.75. The van der Waals surface area contributed by atoms with E-state index in [9.17, 15) is 4.39 Å². The fourth-order valence-corrected chi connectivity index (χ4v) is 6.02. The fraction of sp³-hybridized carbons (Fsp3) is 0.286. The van der Waals surface area contributed by atoms with Gasteiger partial charge in [-0.25, -0.2) is 9.37 Å². The van der Waals surface area contributed by atoms with Crippen molar-refractivity contribution in [2.24, 2.45) is 0 Å². The number of likely N-dealkylation sites (tertiary alicyclic amines) is 1. The summed E-state index contributed by atoms with van der Waals surface area (Å²) in [6.07, 6.45) is 7.68. The summed E-state index contributed by atoms with van der Waals surface area (Å²) in [5.41, 5.74) is 8.83. The van der Waals surface area contributed by atoms with Crippen LogP contribution in [-0.4, -0.2) is 75.3 Å². The number of ether oxygens (including phenoxy) is 1. The molecule has 8 nitrogen and oxygen atoms in total. The van der Waals surface area contributed by atoms with E-state index in [0.29, 0.717) is 12.4 Å². The summed E-state index contributed by atoms with van der Waals surface area (Å²) in [6.45, 7) is 4.42. The number of fused-ring (bicyclic) bond motifs is 2. The maximum absolute atomic E-state index is 14.7. The van der Waals surface area contributed by atoms with Crippen molar-refractivity contribution in [3.63, 3.8) is 0 Å². The van der Waals surface area contributed by atoms with Crippen LogP contribution in [0.2, 0.25) is 0 Å². The minimum absolute atomic E-state index is 0.334. The average molecular weight is 590 g/mol. The van der Waals surface area contributed by atoms with E-state index in [0.717, 1.165) is 81.9 Å². The van der Waals surface area contributed by atoms with Crippen LogP contribution >= 0.6 is 0 Å². The van der Waals surface area contributed by atoms with Crippen molar-refractivity contribution in [2.75, 3.05) is 40.3 Å². The molecule has 0 radical (unpaired) electrons. The molecule has 0 atom stereocenters. The van der Waals surface area contributed by atoms with Crippen molar-refractivity contribution in [1.29, 1.82) is 0 Å². The molecule has 2 N–H and O–H groups in total. The Hall–Kier alpha value is -4.60. The topological polar surface area (TPSA) is 86.0 Å². The molecule has 2 aromatic carbocycles. The third-order valence-corrected chi connectivity index (χ3v) is 8.26. The zero-order chi connectivity index (χ0) is 30.0. The lowest BCUT2D eigenvalue weighted by molar-refractivity contribution is 0.220. The Morgan fingerprint density at radius 1 is 0.932 bits per heavy atom. The second kappa shape index (κ2) is 12.2. The van der Waals surface area contributed by atoms with Gasteiger partial charge in [-0.3, -0.25) is 15.0 Å². The number of benzene rings is 2. The molecular weight excluding hydrogens is 553 g/mol. The van der Waals surface area contributed by atoms with Crippen molar-refractivity contribution in [2.45, 2.75) is 25.8 Å². The van der Waals surface area contributed by atoms with Crippen LogP contribution in [0.3, 0.4) is 0 Å². The number of nitrogens with zero attached hydrogens (tertiary/aromatic N) is 5. The van der Waals surface area contributed by atoms with E-state index in [4.69, 9.17) is 9.72 Å². The van der Waals surface area contributed by atoms with Crippen molar-refractivity contribution in [3.05, 3.63) is 84.4 Å². The molecular formula is C35H36FN7O. The molecule has 0 aliphatic carbocycles. The molecule has 0 spiro atoms. The molecule has 44 heavy (non-hydrogen) atoms. The van der Waals surface area contributed by atoms with E-state index in [2.05, 4.69) is 37.2 Å². The quantitative estimate of drug-likeness (QED) is 0.191. The number of hydrogen-bond donors (Lipinski definition) is 2. The maximum atomic E-state index is 14.7. The van der Waals surface area contributed by atoms with Gasteiger partial charge in [-0.15, -0.1) is 0 Å². The first-order chi connectivity index (χ1) is 21.5. The summed E-state index contributed by atoms with van der Waals surface area (Å²) < 4.78 is 20.6. The Bertz CT molecular complexity index is 1920. The Balaban J connectivity index is 1.21. The summed E-state index contributed by atoms with van der Waals surface area (Å²) in [6, 6.07) is 19.1. The molecule has 5 heterocycles. The van der Waals surface area contributed by atoms with Crippen LogP contribution in [0.5, 0.6) is 5.75 Å². The highest BCUT2D eigenvalue weighted by Gasteiger charge is 2.17. The zero-order valence-corrected chi connectivity index (χ0v) is 25.1. The molecule has 1 aliphatic heterocycles. The third kappa shape index (κ3) is 5.93. The monoisotopic (exact) mass is 589 g/mol. The van der Waals surface area contributed by atoms with Gasteiger partial charge in [0.2, 0.25) is 0 Å². The second-order valence-corrected chi connectivity index (χ2v) is 11.9. The van der Waals surface area contributed by atoms with Crippen molar-refractivity contribution < 1.29 is 9.13 Å². The van der Waals surface area contributed by atoms with Crippen molar-refractivity contribution in [3.8, 4) is 39.5 Å². The maximum Gasteiger partial charge on any atom is 0.135 e. The van der Waals surface area contributed by atoms with E-state index in [1.165, 1.54) is 30.9 Å². The van der Waals surface area contributed by atoms with Gasteiger partial charge in [0.1, 0.15) is 29.4 Å². The van der Waals surface area contributed by atoms with E-state index in [-0.39, 0.29) is 5.82 Å². The van der Waals surface area contributed by atoms with Crippen LogP contribution in [0.1, 0.15) is 24.8 Å². The summed E-state index contributed by atoms with van der Waals surface area (Å²) in [7, 11) is 3.96. The third-order valence-electron chi connectivity index (χ3n) is 8.26. The van der Waals surface area contributed by atoms with E-state index in [1.54, 1.807) is 6.07 Å².